The lowest BCUT2D eigenvalue weighted by atomic mass is 10.2. The Bertz CT molecular complexity index is 980. The number of piperazine rings is 1. The number of aryl methyl sites for hydroxylation is 1. The summed E-state index contributed by atoms with van der Waals surface area (Å²) in [6, 6.07) is 17.2. The molecule has 0 aliphatic carbocycles. The van der Waals surface area contributed by atoms with Gasteiger partial charge < -0.3 is 14.7 Å². The van der Waals surface area contributed by atoms with E-state index < -0.39 is 0 Å². The molecular weight excluding hydrogens is 348 g/mol. The molecule has 28 heavy (non-hydrogen) atoms. The van der Waals surface area contributed by atoms with Crippen LogP contribution in [-0.4, -0.2) is 47.9 Å². The van der Waals surface area contributed by atoms with Crippen molar-refractivity contribution >= 4 is 23.1 Å². The van der Waals surface area contributed by atoms with Gasteiger partial charge in [-0.15, -0.1) is 5.10 Å². The molecule has 3 heterocycles. The molecule has 0 spiro atoms. The van der Waals surface area contributed by atoms with Crippen molar-refractivity contribution in [3.8, 4) is 0 Å². The van der Waals surface area contributed by atoms with Crippen LogP contribution in [0.4, 0.5) is 23.1 Å². The fourth-order valence-electron chi connectivity index (χ4n) is 4.12. The smallest absolute Gasteiger partial charge is 0.247 e. The second-order valence-corrected chi connectivity index (χ2v) is 7.46. The van der Waals surface area contributed by atoms with Crippen molar-refractivity contribution in [2.24, 2.45) is 0 Å². The molecule has 2 aliphatic rings. The lowest BCUT2D eigenvalue weighted by molar-refractivity contribution is 0.634. The van der Waals surface area contributed by atoms with Gasteiger partial charge in [0.2, 0.25) is 5.95 Å². The van der Waals surface area contributed by atoms with Gasteiger partial charge in [0.15, 0.2) is 5.82 Å². The molecule has 1 fully saturated rings. The fourth-order valence-corrected chi connectivity index (χ4v) is 4.12. The maximum absolute atomic E-state index is 4.85. The Labute approximate surface area is 165 Å². The Kier molecular flexibility index (Phi) is 4.31. The number of hydrogen-bond acceptors (Lipinski definition) is 6. The quantitative estimate of drug-likeness (QED) is 0.704. The SMILES string of the molecule is Cc1cccc(N2CCN(c3nncc(N4CCc5ccccc54)n3)CC2)c1. The minimum Gasteiger partial charge on any atom is -0.368 e. The summed E-state index contributed by atoms with van der Waals surface area (Å²) in [5.74, 6) is 1.61. The van der Waals surface area contributed by atoms with E-state index in [0.29, 0.717) is 0 Å². The topological polar surface area (TPSA) is 48.4 Å². The van der Waals surface area contributed by atoms with Gasteiger partial charge in [0, 0.05) is 44.1 Å². The van der Waals surface area contributed by atoms with E-state index in [-0.39, 0.29) is 0 Å². The van der Waals surface area contributed by atoms with Crippen LogP contribution in [0, 0.1) is 6.92 Å². The van der Waals surface area contributed by atoms with Gasteiger partial charge in [-0.2, -0.15) is 10.1 Å². The van der Waals surface area contributed by atoms with Crippen LogP contribution in [-0.2, 0) is 6.42 Å². The van der Waals surface area contributed by atoms with Crippen LogP contribution in [0.5, 0.6) is 0 Å². The molecule has 0 atom stereocenters. The van der Waals surface area contributed by atoms with Gasteiger partial charge >= 0.3 is 0 Å². The van der Waals surface area contributed by atoms with Crippen molar-refractivity contribution < 1.29 is 0 Å². The molecule has 6 nitrogen and oxygen atoms in total. The van der Waals surface area contributed by atoms with Gasteiger partial charge in [-0.1, -0.05) is 30.3 Å². The zero-order valence-corrected chi connectivity index (χ0v) is 16.1. The summed E-state index contributed by atoms with van der Waals surface area (Å²) in [7, 11) is 0. The third kappa shape index (κ3) is 3.15. The number of anilines is 4. The largest absolute Gasteiger partial charge is 0.368 e. The second kappa shape index (κ2) is 7.11. The highest BCUT2D eigenvalue weighted by Gasteiger charge is 2.24. The van der Waals surface area contributed by atoms with Crippen LogP contribution in [0.25, 0.3) is 0 Å². The van der Waals surface area contributed by atoms with Crippen LogP contribution >= 0.6 is 0 Å². The molecule has 3 aromatic rings. The molecule has 6 heteroatoms. The molecule has 2 aromatic carbocycles. The molecule has 0 amide bonds. The van der Waals surface area contributed by atoms with Crippen molar-refractivity contribution in [2.45, 2.75) is 13.3 Å². The average Bonchev–Trinajstić information content (AvgIpc) is 3.18. The minimum atomic E-state index is 0.728. The first kappa shape index (κ1) is 17.0. The van der Waals surface area contributed by atoms with Gasteiger partial charge in [-0.05, 0) is 42.7 Å². The third-order valence-corrected chi connectivity index (χ3v) is 5.63. The zero-order chi connectivity index (χ0) is 18.9. The Hall–Kier alpha value is -3.15. The van der Waals surface area contributed by atoms with E-state index in [1.165, 1.54) is 22.5 Å². The lowest BCUT2D eigenvalue weighted by Crippen LogP contribution is -2.47. The maximum atomic E-state index is 4.85. The molecule has 0 saturated carbocycles. The molecule has 1 aromatic heterocycles. The molecule has 5 rings (SSSR count). The van der Waals surface area contributed by atoms with Crippen molar-refractivity contribution in [3.63, 3.8) is 0 Å². The Balaban J connectivity index is 1.31. The van der Waals surface area contributed by atoms with Gasteiger partial charge in [0.1, 0.15) is 0 Å². The number of nitrogens with zero attached hydrogens (tertiary/aromatic N) is 6. The summed E-state index contributed by atoms with van der Waals surface area (Å²) < 4.78 is 0. The monoisotopic (exact) mass is 372 g/mol. The number of hydrogen-bond donors (Lipinski definition) is 0. The van der Waals surface area contributed by atoms with Gasteiger partial charge in [0.25, 0.3) is 0 Å². The first-order chi connectivity index (χ1) is 13.8. The summed E-state index contributed by atoms with van der Waals surface area (Å²) in [6.45, 7) is 6.80. The summed E-state index contributed by atoms with van der Waals surface area (Å²) in [5.41, 5.74) is 5.19. The number of aromatic nitrogens is 3. The first-order valence-corrected chi connectivity index (χ1v) is 9.90. The number of rotatable bonds is 3. The molecule has 1 saturated heterocycles. The standard InChI is InChI=1S/C22H24N6/c1-17-5-4-7-19(15-17)26-11-13-27(14-12-26)22-24-21(16-23-25-22)28-10-9-18-6-2-3-8-20(18)28/h2-8,15-16H,9-14H2,1H3. The summed E-state index contributed by atoms with van der Waals surface area (Å²) >= 11 is 0. The lowest BCUT2D eigenvalue weighted by Gasteiger charge is -2.36. The molecule has 0 N–H and O–H groups in total. The summed E-state index contributed by atoms with van der Waals surface area (Å²) in [4.78, 5) is 11.8. The Morgan fingerprint density at radius 3 is 2.54 bits per heavy atom. The Morgan fingerprint density at radius 2 is 1.68 bits per heavy atom. The van der Waals surface area contributed by atoms with E-state index in [2.05, 4.69) is 80.4 Å². The van der Waals surface area contributed by atoms with Gasteiger partial charge in [-0.25, -0.2) is 0 Å². The number of benzene rings is 2. The van der Waals surface area contributed by atoms with Crippen molar-refractivity contribution in [3.05, 3.63) is 65.9 Å². The number of fused-ring (bicyclic) bond motifs is 1. The molecule has 2 aliphatic heterocycles. The van der Waals surface area contributed by atoms with E-state index in [4.69, 9.17) is 4.98 Å². The highest BCUT2D eigenvalue weighted by Crippen LogP contribution is 2.33. The molecule has 0 bridgehead atoms. The van der Waals surface area contributed by atoms with Crippen molar-refractivity contribution in [2.75, 3.05) is 47.4 Å². The van der Waals surface area contributed by atoms with Crippen molar-refractivity contribution in [1.82, 2.24) is 15.2 Å². The van der Waals surface area contributed by atoms with Crippen molar-refractivity contribution in [1.29, 1.82) is 0 Å². The van der Waals surface area contributed by atoms with Gasteiger partial charge in [-0.3, -0.25) is 0 Å². The van der Waals surface area contributed by atoms with Gasteiger partial charge in [0.05, 0.1) is 6.20 Å². The van der Waals surface area contributed by atoms with Crippen LogP contribution in [0.2, 0.25) is 0 Å². The highest BCUT2D eigenvalue weighted by molar-refractivity contribution is 5.67. The second-order valence-electron chi connectivity index (χ2n) is 7.46. The Morgan fingerprint density at radius 1 is 0.857 bits per heavy atom. The van der Waals surface area contributed by atoms with E-state index in [1.54, 1.807) is 6.20 Å². The molecule has 0 radical (unpaired) electrons. The average molecular weight is 372 g/mol. The van der Waals surface area contributed by atoms with Crippen LogP contribution in [0.1, 0.15) is 11.1 Å². The molecular formula is C22H24N6. The van der Waals surface area contributed by atoms with E-state index in [1.807, 2.05) is 0 Å². The molecule has 142 valence electrons. The highest BCUT2D eigenvalue weighted by atomic mass is 15.4. The fraction of sp³-hybridized carbons (Fsp3) is 0.318. The van der Waals surface area contributed by atoms with Crippen LogP contribution in [0.15, 0.2) is 54.7 Å². The summed E-state index contributed by atoms with van der Waals surface area (Å²) in [6.07, 6.45) is 2.82. The minimum absolute atomic E-state index is 0.728. The predicted octanol–water partition coefficient (Wildman–Crippen LogP) is 3.20. The molecule has 0 unspecified atom stereocenters. The predicted molar refractivity (Wildman–Crippen MR) is 113 cm³/mol. The van der Waals surface area contributed by atoms with Crippen LogP contribution < -0.4 is 14.7 Å². The third-order valence-electron chi connectivity index (χ3n) is 5.63. The first-order valence-electron chi connectivity index (χ1n) is 9.90. The zero-order valence-electron chi connectivity index (χ0n) is 16.1. The van der Waals surface area contributed by atoms with E-state index in [0.717, 1.165) is 50.9 Å². The van der Waals surface area contributed by atoms with E-state index >= 15 is 0 Å². The van der Waals surface area contributed by atoms with E-state index in [9.17, 15) is 0 Å². The van der Waals surface area contributed by atoms with Crippen LogP contribution in [0.3, 0.4) is 0 Å². The maximum Gasteiger partial charge on any atom is 0.247 e. The normalized spacial score (nSPS) is 16.4. The summed E-state index contributed by atoms with van der Waals surface area (Å²) in [5, 5.41) is 8.58. The number of para-hydroxylation sites is 1.